The molecule has 1 aliphatic rings. The fourth-order valence-corrected chi connectivity index (χ4v) is 3.67. The molecule has 1 saturated heterocycles. The van der Waals surface area contributed by atoms with Gasteiger partial charge in [-0.3, -0.25) is 4.79 Å². The van der Waals surface area contributed by atoms with Crippen molar-refractivity contribution < 1.29 is 13.2 Å². The summed E-state index contributed by atoms with van der Waals surface area (Å²) in [7, 11) is -2.90. The van der Waals surface area contributed by atoms with Crippen molar-refractivity contribution in [1.29, 1.82) is 0 Å². The van der Waals surface area contributed by atoms with E-state index in [1.807, 2.05) is 0 Å². The van der Waals surface area contributed by atoms with Gasteiger partial charge in [-0.2, -0.15) is 0 Å². The van der Waals surface area contributed by atoms with Crippen molar-refractivity contribution in [3.63, 3.8) is 0 Å². The van der Waals surface area contributed by atoms with E-state index in [0.717, 1.165) is 25.7 Å². The molecule has 0 aromatic rings. The van der Waals surface area contributed by atoms with Gasteiger partial charge in [0.15, 0.2) is 9.84 Å². The van der Waals surface area contributed by atoms with E-state index in [0.29, 0.717) is 19.4 Å². The lowest BCUT2D eigenvalue weighted by Gasteiger charge is -2.10. The largest absolute Gasteiger partial charge is 0.352 e. The molecule has 1 aliphatic heterocycles. The van der Waals surface area contributed by atoms with Crippen LogP contribution in [0, 0.1) is 0 Å². The average molecular weight is 262 g/mol. The van der Waals surface area contributed by atoms with E-state index >= 15 is 0 Å². The number of unbranched alkanes of at least 4 members (excludes halogenated alkanes) is 3. The van der Waals surface area contributed by atoms with Crippen molar-refractivity contribution in [1.82, 2.24) is 5.32 Å². The van der Waals surface area contributed by atoms with Crippen molar-refractivity contribution >= 4 is 15.7 Å². The fraction of sp³-hybridized carbons (Fsp3) is 0.909. The molecule has 1 unspecified atom stereocenters. The number of nitrogens with two attached hydrogens (primary N) is 1. The van der Waals surface area contributed by atoms with Crippen LogP contribution in [-0.2, 0) is 14.6 Å². The normalized spacial score (nSPS) is 22.5. The highest BCUT2D eigenvalue weighted by atomic mass is 32.2. The lowest BCUT2D eigenvalue weighted by Crippen LogP contribution is -2.35. The SMILES string of the molecule is NCCCCCCC(=O)NC1CCS(=O)(=O)C1. The summed E-state index contributed by atoms with van der Waals surface area (Å²) in [6, 6.07) is -0.170. The van der Waals surface area contributed by atoms with E-state index in [-0.39, 0.29) is 23.5 Å². The second-order valence-electron chi connectivity index (χ2n) is 4.62. The molecule has 3 N–H and O–H groups in total. The van der Waals surface area contributed by atoms with E-state index in [4.69, 9.17) is 5.73 Å². The highest BCUT2D eigenvalue weighted by Gasteiger charge is 2.28. The van der Waals surface area contributed by atoms with Crippen LogP contribution in [0.2, 0.25) is 0 Å². The summed E-state index contributed by atoms with van der Waals surface area (Å²) < 4.78 is 22.4. The summed E-state index contributed by atoms with van der Waals surface area (Å²) >= 11 is 0. The van der Waals surface area contributed by atoms with Crippen molar-refractivity contribution in [2.45, 2.75) is 44.6 Å². The predicted octanol–water partition coefficient (Wildman–Crippen LogP) is 0.199. The van der Waals surface area contributed by atoms with Gasteiger partial charge in [0.05, 0.1) is 11.5 Å². The fourth-order valence-electron chi connectivity index (χ4n) is 1.99. The van der Waals surface area contributed by atoms with Crippen molar-refractivity contribution in [3.8, 4) is 0 Å². The monoisotopic (exact) mass is 262 g/mol. The van der Waals surface area contributed by atoms with Crippen molar-refractivity contribution in [2.24, 2.45) is 5.73 Å². The molecule has 0 radical (unpaired) electrons. The zero-order chi connectivity index (χ0) is 12.7. The summed E-state index contributed by atoms with van der Waals surface area (Å²) in [6.45, 7) is 0.701. The van der Waals surface area contributed by atoms with E-state index in [9.17, 15) is 13.2 Å². The van der Waals surface area contributed by atoms with Gasteiger partial charge >= 0.3 is 0 Å². The van der Waals surface area contributed by atoms with Crippen LogP contribution in [0.5, 0.6) is 0 Å². The van der Waals surface area contributed by atoms with Crippen LogP contribution in [-0.4, -0.2) is 38.4 Å². The number of nitrogens with one attached hydrogen (secondary N) is 1. The molecule has 17 heavy (non-hydrogen) atoms. The Bertz CT molecular complexity index is 341. The van der Waals surface area contributed by atoms with E-state index in [1.54, 1.807) is 0 Å². The molecule has 5 nitrogen and oxygen atoms in total. The van der Waals surface area contributed by atoms with Crippen molar-refractivity contribution in [3.05, 3.63) is 0 Å². The van der Waals surface area contributed by atoms with Gasteiger partial charge in [0.1, 0.15) is 0 Å². The van der Waals surface area contributed by atoms with Crippen LogP contribution in [0.15, 0.2) is 0 Å². The number of hydrogen-bond acceptors (Lipinski definition) is 4. The van der Waals surface area contributed by atoms with Crippen LogP contribution < -0.4 is 11.1 Å². The second-order valence-corrected chi connectivity index (χ2v) is 6.85. The molecule has 1 fully saturated rings. The number of carbonyl (C=O) groups excluding carboxylic acids is 1. The maximum atomic E-state index is 11.5. The maximum Gasteiger partial charge on any atom is 0.220 e. The minimum Gasteiger partial charge on any atom is -0.352 e. The molecule has 6 heteroatoms. The van der Waals surface area contributed by atoms with E-state index in [2.05, 4.69) is 5.32 Å². The number of carbonyl (C=O) groups is 1. The van der Waals surface area contributed by atoms with Crippen LogP contribution in [0.4, 0.5) is 0 Å². The summed E-state index contributed by atoms with van der Waals surface area (Å²) in [5, 5.41) is 2.78. The molecule has 1 heterocycles. The Hall–Kier alpha value is -0.620. The number of hydrogen-bond donors (Lipinski definition) is 2. The Morgan fingerprint density at radius 2 is 1.94 bits per heavy atom. The number of amides is 1. The van der Waals surface area contributed by atoms with Gasteiger partial charge in [-0.25, -0.2) is 8.42 Å². The molecule has 0 saturated carbocycles. The van der Waals surface area contributed by atoms with Crippen LogP contribution in [0.25, 0.3) is 0 Å². The molecule has 0 aromatic carbocycles. The van der Waals surface area contributed by atoms with Gasteiger partial charge in [-0.15, -0.1) is 0 Å². The molecule has 0 aliphatic carbocycles. The van der Waals surface area contributed by atoms with Gasteiger partial charge in [0.25, 0.3) is 0 Å². The third-order valence-corrected chi connectivity index (χ3v) is 4.72. The van der Waals surface area contributed by atoms with Gasteiger partial charge in [0.2, 0.25) is 5.91 Å². The standard InChI is InChI=1S/C11H22N2O3S/c12-7-4-2-1-3-5-11(14)13-10-6-8-17(15,16)9-10/h10H,1-9,12H2,(H,13,14). The Balaban J connectivity index is 2.09. The first-order valence-corrected chi connectivity index (χ1v) is 8.05. The zero-order valence-electron chi connectivity index (χ0n) is 10.2. The van der Waals surface area contributed by atoms with E-state index < -0.39 is 9.84 Å². The highest BCUT2D eigenvalue weighted by Crippen LogP contribution is 2.11. The summed E-state index contributed by atoms with van der Waals surface area (Å²) in [6.07, 6.45) is 4.96. The quantitative estimate of drug-likeness (QED) is 0.641. The smallest absolute Gasteiger partial charge is 0.220 e. The third kappa shape index (κ3) is 6.02. The Kier molecular flexibility index (Phi) is 5.91. The minimum absolute atomic E-state index is 0.0279. The van der Waals surface area contributed by atoms with Crippen LogP contribution in [0.1, 0.15) is 38.5 Å². The molecule has 0 bridgehead atoms. The van der Waals surface area contributed by atoms with Gasteiger partial charge in [0, 0.05) is 12.5 Å². The maximum absolute atomic E-state index is 11.5. The molecular weight excluding hydrogens is 240 g/mol. The van der Waals surface area contributed by atoms with Crippen LogP contribution in [0.3, 0.4) is 0 Å². The highest BCUT2D eigenvalue weighted by molar-refractivity contribution is 7.91. The lowest BCUT2D eigenvalue weighted by molar-refractivity contribution is -0.121. The van der Waals surface area contributed by atoms with Crippen LogP contribution >= 0.6 is 0 Å². The molecule has 1 amide bonds. The molecule has 0 aromatic heterocycles. The number of rotatable bonds is 7. The Labute approximate surface area is 103 Å². The van der Waals surface area contributed by atoms with Gasteiger partial charge < -0.3 is 11.1 Å². The zero-order valence-corrected chi connectivity index (χ0v) is 11.0. The summed E-state index contributed by atoms with van der Waals surface area (Å²) in [4.78, 5) is 11.5. The lowest BCUT2D eigenvalue weighted by atomic mass is 10.1. The first kappa shape index (κ1) is 14.4. The third-order valence-electron chi connectivity index (χ3n) is 2.96. The molecule has 0 spiro atoms. The number of sulfone groups is 1. The van der Waals surface area contributed by atoms with Gasteiger partial charge in [-0.05, 0) is 25.8 Å². The molecule has 1 rings (SSSR count). The van der Waals surface area contributed by atoms with Gasteiger partial charge in [-0.1, -0.05) is 12.8 Å². The van der Waals surface area contributed by atoms with E-state index in [1.165, 1.54) is 0 Å². The Morgan fingerprint density at radius 3 is 2.53 bits per heavy atom. The molecular formula is C11H22N2O3S. The predicted molar refractivity (Wildman–Crippen MR) is 67.3 cm³/mol. The minimum atomic E-state index is -2.90. The topological polar surface area (TPSA) is 89.3 Å². The second kappa shape index (κ2) is 6.96. The first-order chi connectivity index (χ1) is 8.03. The molecule has 1 atom stereocenters. The van der Waals surface area contributed by atoms with Crippen molar-refractivity contribution in [2.75, 3.05) is 18.1 Å². The summed E-state index contributed by atoms with van der Waals surface area (Å²) in [5.74, 6) is 0.278. The Morgan fingerprint density at radius 1 is 1.24 bits per heavy atom. The summed E-state index contributed by atoms with van der Waals surface area (Å²) in [5.41, 5.74) is 5.37. The molecule has 100 valence electrons. The average Bonchev–Trinajstić information content (AvgIpc) is 2.57. The first-order valence-electron chi connectivity index (χ1n) is 6.23.